The van der Waals surface area contributed by atoms with Gasteiger partial charge in [-0.15, -0.1) is 0 Å². The van der Waals surface area contributed by atoms with Crippen molar-refractivity contribution in [3.8, 4) is 5.75 Å². The Kier molecular flexibility index (Phi) is 7.43. The summed E-state index contributed by atoms with van der Waals surface area (Å²) in [5.41, 5.74) is 0.767. The van der Waals surface area contributed by atoms with Crippen LogP contribution in [-0.2, 0) is 9.59 Å². The van der Waals surface area contributed by atoms with Crippen molar-refractivity contribution in [2.75, 3.05) is 25.1 Å². The minimum atomic E-state index is -0.0648. The fourth-order valence-electron chi connectivity index (χ4n) is 2.34. The van der Waals surface area contributed by atoms with Gasteiger partial charge >= 0.3 is 0 Å². The zero-order chi connectivity index (χ0) is 16.5. The van der Waals surface area contributed by atoms with Gasteiger partial charge in [0.05, 0.1) is 7.11 Å². The van der Waals surface area contributed by atoms with E-state index in [9.17, 15) is 9.59 Å². The zero-order valence-corrected chi connectivity index (χ0v) is 13.9. The minimum Gasteiger partial charge on any atom is -0.497 e. The summed E-state index contributed by atoms with van der Waals surface area (Å²) in [6.45, 7) is 6.40. The second-order valence-corrected chi connectivity index (χ2v) is 5.18. The molecule has 0 saturated heterocycles. The summed E-state index contributed by atoms with van der Waals surface area (Å²) >= 11 is 0. The molecule has 5 heteroatoms. The van der Waals surface area contributed by atoms with Crippen molar-refractivity contribution in [3.05, 3.63) is 24.3 Å². The predicted molar refractivity (Wildman–Crippen MR) is 88.1 cm³/mol. The van der Waals surface area contributed by atoms with Gasteiger partial charge in [0.2, 0.25) is 11.8 Å². The van der Waals surface area contributed by atoms with Crippen LogP contribution in [0.1, 0.15) is 33.6 Å². The van der Waals surface area contributed by atoms with Crippen LogP contribution < -0.4 is 15.0 Å². The first-order valence-corrected chi connectivity index (χ1v) is 7.73. The highest BCUT2D eigenvalue weighted by Crippen LogP contribution is 2.20. The van der Waals surface area contributed by atoms with Gasteiger partial charge in [-0.25, -0.2) is 0 Å². The van der Waals surface area contributed by atoms with E-state index in [0.29, 0.717) is 18.8 Å². The summed E-state index contributed by atoms with van der Waals surface area (Å²) in [5, 5.41) is 2.90. The lowest BCUT2D eigenvalue weighted by atomic mass is 10.0. The number of nitrogens with one attached hydrogen (secondary N) is 1. The monoisotopic (exact) mass is 306 g/mol. The largest absolute Gasteiger partial charge is 0.497 e. The van der Waals surface area contributed by atoms with E-state index in [1.807, 2.05) is 38.1 Å². The number of anilines is 1. The normalized spacial score (nSPS) is 10.4. The molecule has 0 radical (unpaired) electrons. The molecule has 122 valence electrons. The standard InChI is InChI=1S/C17H26N2O3/c1-5-14(6-2)17(21)18-10-11-19(13(3)20)15-8-7-9-16(12-15)22-4/h7-9,12,14H,5-6,10-11H2,1-4H3,(H,18,21). The number of benzene rings is 1. The maximum atomic E-state index is 12.0. The van der Waals surface area contributed by atoms with Crippen molar-refractivity contribution in [2.24, 2.45) is 5.92 Å². The number of rotatable bonds is 8. The number of carbonyl (C=O) groups excluding carboxylic acids is 2. The Hall–Kier alpha value is -2.04. The molecule has 0 atom stereocenters. The van der Waals surface area contributed by atoms with Crippen molar-refractivity contribution in [3.63, 3.8) is 0 Å². The Morgan fingerprint density at radius 1 is 1.27 bits per heavy atom. The molecular formula is C17H26N2O3. The van der Waals surface area contributed by atoms with Crippen molar-refractivity contribution in [1.82, 2.24) is 5.32 Å². The van der Waals surface area contributed by atoms with Gasteiger partial charge in [0.25, 0.3) is 0 Å². The van der Waals surface area contributed by atoms with E-state index < -0.39 is 0 Å². The van der Waals surface area contributed by atoms with Crippen LogP contribution >= 0.6 is 0 Å². The van der Waals surface area contributed by atoms with Crippen LogP contribution in [0.4, 0.5) is 5.69 Å². The Bertz CT molecular complexity index is 498. The molecule has 5 nitrogen and oxygen atoms in total. The quantitative estimate of drug-likeness (QED) is 0.803. The first-order valence-electron chi connectivity index (χ1n) is 7.73. The van der Waals surface area contributed by atoms with E-state index in [1.54, 1.807) is 12.0 Å². The van der Waals surface area contributed by atoms with E-state index in [2.05, 4.69) is 5.32 Å². The average molecular weight is 306 g/mol. The number of amides is 2. The van der Waals surface area contributed by atoms with Crippen LogP contribution in [-0.4, -0.2) is 32.0 Å². The van der Waals surface area contributed by atoms with Gasteiger partial charge in [-0.05, 0) is 25.0 Å². The van der Waals surface area contributed by atoms with Crippen molar-refractivity contribution in [1.29, 1.82) is 0 Å². The lowest BCUT2D eigenvalue weighted by Gasteiger charge is -2.22. The van der Waals surface area contributed by atoms with Crippen molar-refractivity contribution >= 4 is 17.5 Å². The van der Waals surface area contributed by atoms with Crippen LogP contribution in [0.25, 0.3) is 0 Å². The fourth-order valence-corrected chi connectivity index (χ4v) is 2.34. The number of hydrogen-bond acceptors (Lipinski definition) is 3. The van der Waals surface area contributed by atoms with Crippen LogP contribution in [0.15, 0.2) is 24.3 Å². The molecule has 1 rings (SSSR count). The molecule has 0 spiro atoms. The van der Waals surface area contributed by atoms with E-state index in [4.69, 9.17) is 4.74 Å². The van der Waals surface area contributed by atoms with E-state index >= 15 is 0 Å². The van der Waals surface area contributed by atoms with Gasteiger partial charge in [0, 0.05) is 37.7 Å². The Balaban J connectivity index is 2.66. The summed E-state index contributed by atoms with van der Waals surface area (Å²) in [4.78, 5) is 25.4. The van der Waals surface area contributed by atoms with E-state index in [-0.39, 0.29) is 17.7 Å². The summed E-state index contributed by atoms with van der Waals surface area (Å²) in [6, 6.07) is 7.33. The van der Waals surface area contributed by atoms with E-state index in [1.165, 1.54) is 6.92 Å². The number of methoxy groups -OCH3 is 1. The summed E-state index contributed by atoms with van der Waals surface area (Å²) in [7, 11) is 1.59. The number of carbonyl (C=O) groups is 2. The molecule has 22 heavy (non-hydrogen) atoms. The first-order chi connectivity index (χ1) is 10.5. The third-order valence-corrected chi connectivity index (χ3v) is 3.74. The van der Waals surface area contributed by atoms with Gasteiger partial charge < -0.3 is 15.0 Å². The molecule has 1 aromatic carbocycles. The number of nitrogens with zero attached hydrogens (tertiary/aromatic N) is 1. The zero-order valence-electron chi connectivity index (χ0n) is 13.9. The second-order valence-electron chi connectivity index (χ2n) is 5.18. The molecule has 0 heterocycles. The first kappa shape index (κ1) is 18.0. The smallest absolute Gasteiger partial charge is 0.223 e. The average Bonchev–Trinajstić information content (AvgIpc) is 2.52. The molecule has 0 bridgehead atoms. The molecule has 0 aliphatic heterocycles. The second kappa shape index (κ2) is 9.07. The molecule has 0 fully saturated rings. The lowest BCUT2D eigenvalue weighted by Crippen LogP contribution is -2.39. The number of ether oxygens (including phenoxy) is 1. The topological polar surface area (TPSA) is 58.6 Å². The molecule has 1 N–H and O–H groups in total. The molecule has 0 aromatic heterocycles. The van der Waals surface area contributed by atoms with Crippen LogP contribution in [0.2, 0.25) is 0 Å². The van der Waals surface area contributed by atoms with Crippen LogP contribution in [0.3, 0.4) is 0 Å². The molecule has 0 unspecified atom stereocenters. The molecule has 0 aliphatic rings. The van der Waals surface area contributed by atoms with Gasteiger partial charge in [-0.3, -0.25) is 9.59 Å². The third-order valence-electron chi connectivity index (χ3n) is 3.74. The highest BCUT2D eigenvalue weighted by atomic mass is 16.5. The number of hydrogen-bond donors (Lipinski definition) is 1. The highest BCUT2D eigenvalue weighted by molar-refractivity contribution is 5.91. The Morgan fingerprint density at radius 2 is 1.95 bits per heavy atom. The third kappa shape index (κ3) is 5.06. The van der Waals surface area contributed by atoms with Gasteiger partial charge in [-0.1, -0.05) is 19.9 Å². The summed E-state index contributed by atoms with van der Waals surface area (Å²) in [6.07, 6.45) is 1.66. The van der Waals surface area contributed by atoms with Gasteiger partial charge in [0.15, 0.2) is 0 Å². The molecule has 2 amide bonds. The Morgan fingerprint density at radius 3 is 2.50 bits per heavy atom. The molecular weight excluding hydrogens is 280 g/mol. The Labute approximate surface area is 132 Å². The molecule has 0 saturated carbocycles. The van der Waals surface area contributed by atoms with Crippen LogP contribution in [0.5, 0.6) is 5.75 Å². The van der Waals surface area contributed by atoms with Crippen molar-refractivity contribution in [2.45, 2.75) is 33.6 Å². The van der Waals surface area contributed by atoms with Crippen molar-refractivity contribution < 1.29 is 14.3 Å². The maximum absolute atomic E-state index is 12.0. The van der Waals surface area contributed by atoms with E-state index in [0.717, 1.165) is 18.5 Å². The lowest BCUT2D eigenvalue weighted by molar-refractivity contribution is -0.125. The maximum Gasteiger partial charge on any atom is 0.223 e. The van der Waals surface area contributed by atoms with Crippen LogP contribution in [0, 0.1) is 5.92 Å². The molecule has 1 aromatic rings. The van der Waals surface area contributed by atoms with Gasteiger partial charge in [0.1, 0.15) is 5.75 Å². The minimum absolute atomic E-state index is 0.0441. The molecule has 0 aliphatic carbocycles. The summed E-state index contributed by atoms with van der Waals surface area (Å²) in [5.74, 6) is 0.733. The fraction of sp³-hybridized carbons (Fsp3) is 0.529. The summed E-state index contributed by atoms with van der Waals surface area (Å²) < 4.78 is 5.18. The van der Waals surface area contributed by atoms with Gasteiger partial charge in [-0.2, -0.15) is 0 Å². The SMILES string of the molecule is CCC(CC)C(=O)NCCN(C(C)=O)c1cccc(OC)c1. The predicted octanol–water partition coefficient (Wildman–Crippen LogP) is 2.60. The highest BCUT2D eigenvalue weighted by Gasteiger charge is 2.15.